The number of Topliss-reactive ketones (excluding diaryl/α,β-unsaturated/α-hetero) is 1. The fraction of sp³-hybridized carbons (Fsp3) is 0.304. The second kappa shape index (κ2) is 8.57. The standard InChI is InChI=1S/C23H25NO3S/c1-15-7-8-19(10-16(15)2)12-23(26)27-14-22(25)21-11-17(3)24(18(21)4)13-20-6-5-9-28-20/h5-11H,12-14H2,1-4H3. The first-order chi connectivity index (χ1) is 13.3. The number of esters is 1. The number of ketones is 1. The van der Waals surface area contributed by atoms with Gasteiger partial charge in [-0.3, -0.25) is 9.59 Å². The Hall–Kier alpha value is -2.66. The molecule has 28 heavy (non-hydrogen) atoms. The average Bonchev–Trinajstić information content (AvgIpc) is 3.26. The summed E-state index contributed by atoms with van der Waals surface area (Å²) in [6.07, 6.45) is 0.172. The number of carbonyl (C=O) groups is 2. The minimum absolute atomic E-state index is 0.168. The van der Waals surface area contributed by atoms with Crippen LogP contribution in [-0.4, -0.2) is 22.9 Å². The van der Waals surface area contributed by atoms with Crippen molar-refractivity contribution in [2.45, 2.75) is 40.7 Å². The maximum Gasteiger partial charge on any atom is 0.310 e. The van der Waals surface area contributed by atoms with Gasteiger partial charge in [0.15, 0.2) is 6.61 Å². The van der Waals surface area contributed by atoms with E-state index in [0.29, 0.717) is 5.56 Å². The Morgan fingerprint density at radius 1 is 1.04 bits per heavy atom. The summed E-state index contributed by atoms with van der Waals surface area (Å²) in [5, 5.41) is 2.05. The number of hydrogen-bond donors (Lipinski definition) is 0. The van der Waals surface area contributed by atoms with E-state index in [-0.39, 0.29) is 24.8 Å². The van der Waals surface area contributed by atoms with E-state index in [1.807, 2.05) is 63.4 Å². The molecule has 0 saturated carbocycles. The molecule has 0 saturated heterocycles. The molecule has 0 N–H and O–H groups in total. The molecule has 0 aliphatic rings. The molecule has 0 amide bonds. The number of rotatable bonds is 7. The summed E-state index contributed by atoms with van der Waals surface area (Å²) in [4.78, 5) is 26.0. The predicted molar refractivity (Wildman–Crippen MR) is 112 cm³/mol. The zero-order chi connectivity index (χ0) is 20.3. The highest BCUT2D eigenvalue weighted by molar-refractivity contribution is 7.09. The largest absolute Gasteiger partial charge is 0.457 e. The van der Waals surface area contributed by atoms with Gasteiger partial charge in [-0.1, -0.05) is 24.3 Å². The van der Waals surface area contributed by atoms with Crippen LogP contribution in [-0.2, 0) is 22.5 Å². The lowest BCUT2D eigenvalue weighted by Crippen LogP contribution is -2.16. The van der Waals surface area contributed by atoms with E-state index in [9.17, 15) is 9.59 Å². The molecule has 0 fully saturated rings. The van der Waals surface area contributed by atoms with E-state index in [2.05, 4.69) is 10.6 Å². The van der Waals surface area contributed by atoms with Crippen LogP contribution in [0.5, 0.6) is 0 Å². The van der Waals surface area contributed by atoms with Crippen LogP contribution in [0.25, 0.3) is 0 Å². The van der Waals surface area contributed by atoms with Gasteiger partial charge in [0.2, 0.25) is 5.78 Å². The molecule has 0 bridgehead atoms. The molecule has 0 atom stereocenters. The van der Waals surface area contributed by atoms with Gasteiger partial charge < -0.3 is 9.30 Å². The Morgan fingerprint density at radius 2 is 1.82 bits per heavy atom. The van der Waals surface area contributed by atoms with Crippen molar-refractivity contribution in [3.05, 3.63) is 80.3 Å². The number of carbonyl (C=O) groups excluding carboxylic acids is 2. The van der Waals surface area contributed by atoms with E-state index < -0.39 is 0 Å². The molecule has 2 heterocycles. The Morgan fingerprint density at radius 3 is 2.50 bits per heavy atom. The third-order valence-electron chi connectivity index (χ3n) is 5.05. The second-order valence-corrected chi connectivity index (χ2v) is 8.16. The van der Waals surface area contributed by atoms with Crippen LogP contribution in [0.4, 0.5) is 0 Å². The molecular formula is C23H25NO3S. The maximum absolute atomic E-state index is 12.6. The fourth-order valence-corrected chi connectivity index (χ4v) is 3.93. The number of ether oxygens (including phenoxy) is 1. The van der Waals surface area contributed by atoms with Crippen molar-refractivity contribution in [2.75, 3.05) is 6.61 Å². The highest BCUT2D eigenvalue weighted by Gasteiger charge is 2.18. The van der Waals surface area contributed by atoms with E-state index in [4.69, 9.17) is 4.74 Å². The van der Waals surface area contributed by atoms with Gasteiger partial charge >= 0.3 is 5.97 Å². The van der Waals surface area contributed by atoms with Crippen molar-refractivity contribution in [1.29, 1.82) is 0 Å². The summed E-state index contributed by atoms with van der Waals surface area (Å²) < 4.78 is 7.37. The summed E-state index contributed by atoms with van der Waals surface area (Å²) in [6, 6.07) is 11.9. The van der Waals surface area contributed by atoms with Crippen LogP contribution in [0.3, 0.4) is 0 Å². The van der Waals surface area contributed by atoms with E-state index >= 15 is 0 Å². The SMILES string of the molecule is Cc1ccc(CC(=O)OCC(=O)c2cc(C)n(Cc3cccs3)c2C)cc1C. The molecular weight excluding hydrogens is 370 g/mol. The zero-order valence-electron chi connectivity index (χ0n) is 16.7. The Labute approximate surface area is 169 Å². The molecule has 4 nitrogen and oxygen atoms in total. The van der Waals surface area contributed by atoms with Crippen molar-refractivity contribution < 1.29 is 14.3 Å². The van der Waals surface area contributed by atoms with Crippen molar-refractivity contribution in [3.63, 3.8) is 0 Å². The van der Waals surface area contributed by atoms with Crippen molar-refractivity contribution in [1.82, 2.24) is 4.57 Å². The van der Waals surface area contributed by atoms with Crippen LogP contribution >= 0.6 is 11.3 Å². The van der Waals surface area contributed by atoms with Crippen LogP contribution in [0, 0.1) is 27.7 Å². The highest BCUT2D eigenvalue weighted by Crippen LogP contribution is 2.20. The number of aromatic nitrogens is 1. The first-order valence-electron chi connectivity index (χ1n) is 9.29. The number of nitrogens with zero attached hydrogens (tertiary/aromatic N) is 1. The Balaban J connectivity index is 1.61. The molecule has 0 unspecified atom stereocenters. The predicted octanol–water partition coefficient (Wildman–Crippen LogP) is 4.80. The summed E-state index contributed by atoms with van der Waals surface area (Å²) in [6.45, 7) is 8.49. The van der Waals surface area contributed by atoms with Crippen molar-refractivity contribution >= 4 is 23.1 Å². The normalized spacial score (nSPS) is 10.9. The summed E-state index contributed by atoms with van der Waals surface area (Å²) in [5.74, 6) is -0.553. The smallest absolute Gasteiger partial charge is 0.310 e. The van der Waals surface area contributed by atoms with Gasteiger partial charge in [-0.15, -0.1) is 11.3 Å². The molecule has 2 aromatic heterocycles. The Kier molecular flexibility index (Phi) is 6.15. The first kappa shape index (κ1) is 20.1. The quantitative estimate of drug-likeness (QED) is 0.426. The molecule has 0 aliphatic heterocycles. The molecule has 1 aromatic carbocycles. The van der Waals surface area contributed by atoms with Gasteiger partial charge in [-0.2, -0.15) is 0 Å². The van der Waals surface area contributed by atoms with Gasteiger partial charge in [0.1, 0.15) is 0 Å². The minimum Gasteiger partial charge on any atom is -0.457 e. The van der Waals surface area contributed by atoms with Gasteiger partial charge in [0, 0.05) is 21.8 Å². The zero-order valence-corrected chi connectivity index (χ0v) is 17.6. The third kappa shape index (κ3) is 4.60. The molecule has 0 radical (unpaired) electrons. The first-order valence-corrected chi connectivity index (χ1v) is 10.2. The van der Waals surface area contributed by atoms with Crippen LogP contribution < -0.4 is 0 Å². The minimum atomic E-state index is -0.385. The van der Waals surface area contributed by atoms with E-state index in [1.54, 1.807) is 11.3 Å². The van der Waals surface area contributed by atoms with Crippen LogP contribution in [0.1, 0.15) is 43.3 Å². The maximum atomic E-state index is 12.6. The summed E-state index contributed by atoms with van der Waals surface area (Å²) in [7, 11) is 0. The number of thiophene rings is 1. The highest BCUT2D eigenvalue weighted by atomic mass is 32.1. The molecule has 5 heteroatoms. The second-order valence-electron chi connectivity index (χ2n) is 7.13. The molecule has 146 valence electrons. The molecule has 0 aliphatic carbocycles. The monoisotopic (exact) mass is 395 g/mol. The van der Waals surface area contributed by atoms with Gasteiger partial charge in [0.25, 0.3) is 0 Å². The van der Waals surface area contributed by atoms with Crippen molar-refractivity contribution in [2.24, 2.45) is 0 Å². The fourth-order valence-electron chi connectivity index (χ4n) is 3.24. The number of hydrogen-bond acceptors (Lipinski definition) is 4. The number of benzene rings is 1. The molecule has 3 rings (SSSR count). The van der Waals surface area contributed by atoms with Gasteiger partial charge in [-0.25, -0.2) is 0 Å². The lowest BCUT2D eigenvalue weighted by Gasteiger charge is -2.09. The lowest BCUT2D eigenvalue weighted by molar-refractivity contribution is -0.141. The van der Waals surface area contributed by atoms with Crippen LogP contribution in [0.2, 0.25) is 0 Å². The lowest BCUT2D eigenvalue weighted by atomic mass is 10.0. The summed E-state index contributed by atoms with van der Waals surface area (Å²) >= 11 is 1.69. The van der Waals surface area contributed by atoms with Crippen molar-refractivity contribution in [3.8, 4) is 0 Å². The number of aryl methyl sites for hydroxylation is 3. The van der Waals surface area contributed by atoms with E-state index in [0.717, 1.165) is 29.1 Å². The third-order valence-corrected chi connectivity index (χ3v) is 5.91. The van der Waals surface area contributed by atoms with E-state index in [1.165, 1.54) is 10.4 Å². The summed E-state index contributed by atoms with van der Waals surface area (Å²) in [5.41, 5.74) is 5.77. The van der Waals surface area contributed by atoms with Gasteiger partial charge in [-0.05, 0) is 61.9 Å². The Bertz CT molecular complexity index is 999. The molecule has 0 spiro atoms. The molecule has 3 aromatic rings. The van der Waals surface area contributed by atoms with Gasteiger partial charge in [0.05, 0.1) is 13.0 Å². The average molecular weight is 396 g/mol. The van der Waals surface area contributed by atoms with Crippen LogP contribution in [0.15, 0.2) is 41.8 Å². The topological polar surface area (TPSA) is 48.3 Å².